The summed E-state index contributed by atoms with van der Waals surface area (Å²) in [5, 5.41) is 12.3. The number of aliphatic hydroxyl groups excluding tert-OH is 1. The molecule has 1 aliphatic heterocycles. The van der Waals surface area contributed by atoms with Crippen molar-refractivity contribution in [3.8, 4) is 0 Å². The molecule has 88 valence electrons. The Balaban J connectivity index is 2.24. The van der Waals surface area contributed by atoms with E-state index in [0.717, 1.165) is 6.42 Å². The number of carbonyl (C=O) groups excluding carboxylic acids is 1. The van der Waals surface area contributed by atoms with Gasteiger partial charge in [0.2, 0.25) is 5.91 Å². The van der Waals surface area contributed by atoms with Gasteiger partial charge in [-0.3, -0.25) is 4.79 Å². The van der Waals surface area contributed by atoms with Gasteiger partial charge >= 0.3 is 0 Å². The molecule has 0 aromatic heterocycles. The van der Waals surface area contributed by atoms with Crippen LogP contribution in [0.3, 0.4) is 0 Å². The van der Waals surface area contributed by atoms with Crippen molar-refractivity contribution in [2.45, 2.75) is 39.4 Å². The summed E-state index contributed by atoms with van der Waals surface area (Å²) < 4.78 is 5.32. The summed E-state index contributed by atoms with van der Waals surface area (Å²) >= 11 is 0. The first kappa shape index (κ1) is 12.5. The number of carbonyl (C=O) groups is 1. The van der Waals surface area contributed by atoms with Crippen LogP contribution >= 0.6 is 0 Å². The third kappa shape index (κ3) is 3.80. The molecule has 1 amide bonds. The summed E-state index contributed by atoms with van der Waals surface area (Å²) in [7, 11) is 0. The van der Waals surface area contributed by atoms with E-state index in [0.29, 0.717) is 13.2 Å². The number of rotatable bonds is 4. The molecular formula is C11H21NO3. The molecule has 0 saturated carbocycles. The average Bonchev–Trinajstić information content (AvgIpc) is 2.60. The van der Waals surface area contributed by atoms with E-state index in [4.69, 9.17) is 4.74 Å². The SMILES string of the molecule is CC1CC(C(=O)NCC(O)C(C)C)CO1. The van der Waals surface area contributed by atoms with Crippen LogP contribution in [0.2, 0.25) is 0 Å². The highest BCUT2D eigenvalue weighted by Gasteiger charge is 2.28. The van der Waals surface area contributed by atoms with Crippen molar-refractivity contribution in [1.29, 1.82) is 0 Å². The molecule has 2 N–H and O–H groups in total. The highest BCUT2D eigenvalue weighted by atomic mass is 16.5. The van der Waals surface area contributed by atoms with Gasteiger partial charge in [0.1, 0.15) is 0 Å². The van der Waals surface area contributed by atoms with Gasteiger partial charge in [0.15, 0.2) is 0 Å². The van der Waals surface area contributed by atoms with Crippen LogP contribution < -0.4 is 5.32 Å². The molecule has 4 nitrogen and oxygen atoms in total. The molecule has 0 bridgehead atoms. The minimum Gasteiger partial charge on any atom is -0.391 e. The van der Waals surface area contributed by atoms with E-state index in [1.54, 1.807) is 0 Å². The van der Waals surface area contributed by atoms with Crippen LogP contribution in [-0.2, 0) is 9.53 Å². The van der Waals surface area contributed by atoms with Crippen LogP contribution in [0.5, 0.6) is 0 Å². The largest absolute Gasteiger partial charge is 0.391 e. The zero-order valence-corrected chi connectivity index (χ0v) is 9.69. The van der Waals surface area contributed by atoms with E-state index >= 15 is 0 Å². The molecule has 3 unspecified atom stereocenters. The predicted octanol–water partition coefficient (Wildman–Crippen LogP) is 0.544. The zero-order valence-electron chi connectivity index (χ0n) is 9.69. The summed E-state index contributed by atoms with van der Waals surface area (Å²) in [6, 6.07) is 0. The fourth-order valence-corrected chi connectivity index (χ4v) is 1.59. The molecule has 4 heteroatoms. The van der Waals surface area contributed by atoms with Gasteiger partial charge < -0.3 is 15.2 Å². The lowest BCUT2D eigenvalue weighted by Crippen LogP contribution is -2.38. The number of hydrogen-bond donors (Lipinski definition) is 2. The number of hydrogen-bond acceptors (Lipinski definition) is 3. The van der Waals surface area contributed by atoms with Crippen LogP contribution in [0.1, 0.15) is 27.2 Å². The van der Waals surface area contributed by atoms with Crippen molar-refractivity contribution >= 4 is 5.91 Å². The summed E-state index contributed by atoms with van der Waals surface area (Å²) in [6.07, 6.45) is 0.494. The summed E-state index contributed by atoms with van der Waals surface area (Å²) in [4.78, 5) is 11.6. The number of ether oxygens (including phenoxy) is 1. The Labute approximate surface area is 91.0 Å². The van der Waals surface area contributed by atoms with E-state index in [2.05, 4.69) is 5.32 Å². The Morgan fingerprint density at radius 2 is 2.27 bits per heavy atom. The molecule has 0 spiro atoms. The van der Waals surface area contributed by atoms with Gasteiger partial charge in [0, 0.05) is 6.54 Å². The average molecular weight is 215 g/mol. The molecule has 15 heavy (non-hydrogen) atoms. The summed E-state index contributed by atoms with van der Waals surface area (Å²) in [5.74, 6) is 0.127. The lowest BCUT2D eigenvalue weighted by molar-refractivity contribution is -0.125. The summed E-state index contributed by atoms with van der Waals surface area (Å²) in [5.41, 5.74) is 0. The number of nitrogens with one attached hydrogen (secondary N) is 1. The fourth-order valence-electron chi connectivity index (χ4n) is 1.59. The standard InChI is InChI=1S/C11H21NO3/c1-7(2)10(13)5-12-11(14)9-4-8(3)15-6-9/h7-10,13H,4-6H2,1-3H3,(H,12,14). The van der Waals surface area contributed by atoms with Crippen molar-refractivity contribution in [1.82, 2.24) is 5.32 Å². The van der Waals surface area contributed by atoms with Gasteiger partial charge in [0.05, 0.1) is 24.7 Å². The van der Waals surface area contributed by atoms with Crippen LogP contribution in [0.25, 0.3) is 0 Å². The topological polar surface area (TPSA) is 58.6 Å². The molecule has 3 atom stereocenters. The molecule has 0 radical (unpaired) electrons. The van der Waals surface area contributed by atoms with Crippen LogP contribution in [0.15, 0.2) is 0 Å². The van der Waals surface area contributed by atoms with E-state index in [1.165, 1.54) is 0 Å². The van der Waals surface area contributed by atoms with Gasteiger partial charge in [-0.15, -0.1) is 0 Å². The van der Waals surface area contributed by atoms with Crippen molar-refractivity contribution < 1.29 is 14.6 Å². The number of aliphatic hydroxyl groups is 1. The summed E-state index contributed by atoms with van der Waals surface area (Å²) in [6.45, 7) is 6.66. The van der Waals surface area contributed by atoms with Gasteiger partial charge in [-0.1, -0.05) is 13.8 Å². The van der Waals surface area contributed by atoms with Crippen LogP contribution in [-0.4, -0.2) is 36.4 Å². The maximum atomic E-state index is 11.6. The van der Waals surface area contributed by atoms with E-state index in [9.17, 15) is 9.90 Å². The maximum absolute atomic E-state index is 11.6. The quantitative estimate of drug-likeness (QED) is 0.720. The normalized spacial score (nSPS) is 28.1. The second-order valence-corrected chi connectivity index (χ2v) is 4.63. The zero-order chi connectivity index (χ0) is 11.4. The van der Waals surface area contributed by atoms with Crippen LogP contribution in [0, 0.1) is 11.8 Å². The lowest BCUT2D eigenvalue weighted by atomic mass is 10.0. The van der Waals surface area contributed by atoms with Gasteiger partial charge in [-0.25, -0.2) is 0 Å². The molecule has 1 fully saturated rings. The highest BCUT2D eigenvalue weighted by molar-refractivity contribution is 5.79. The number of amides is 1. The second kappa shape index (κ2) is 5.47. The first-order valence-corrected chi connectivity index (χ1v) is 5.58. The Morgan fingerprint density at radius 3 is 2.73 bits per heavy atom. The molecule has 1 rings (SSSR count). The van der Waals surface area contributed by atoms with Crippen molar-refractivity contribution in [2.24, 2.45) is 11.8 Å². The van der Waals surface area contributed by atoms with Crippen LogP contribution in [0.4, 0.5) is 0 Å². The van der Waals surface area contributed by atoms with Crippen molar-refractivity contribution in [3.05, 3.63) is 0 Å². The van der Waals surface area contributed by atoms with Gasteiger partial charge in [0.25, 0.3) is 0 Å². The fraction of sp³-hybridized carbons (Fsp3) is 0.909. The minimum atomic E-state index is -0.464. The molecule has 0 aromatic rings. The Morgan fingerprint density at radius 1 is 1.60 bits per heavy atom. The molecule has 1 heterocycles. The Kier molecular flexibility index (Phi) is 4.54. The molecule has 1 saturated heterocycles. The monoisotopic (exact) mass is 215 g/mol. The first-order chi connectivity index (χ1) is 7.00. The predicted molar refractivity (Wildman–Crippen MR) is 57.4 cm³/mol. The third-order valence-corrected chi connectivity index (χ3v) is 2.82. The lowest BCUT2D eigenvalue weighted by Gasteiger charge is -2.16. The van der Waals surface area contributed by atoms with E-state index in [-0.39, 0.29) is 23.8 Å². The third-order valence-electron chi connectivity index (χ3n) is 2.82. The molecule has 0 aromatic carbocycles. The molecule has 1 aliphatic rings. The van der Waals surface area contributed by atoms with Crippen molar-refractivity contribution in [3.63, 3.8) is 0 Å². The van der Waals surface area contributed by atoms with E-state index in [1.807, 2.05) is 20.8 Å². The molecular weight excluding hydrogens is 194 g/mol. The smallest absolute Gasteiger partial charge is 0.225 e. The van der Waals surface area contributed by atoms with Gasteiger partial charge in [-0.2, -0.15) is 0 Å². The maximum Gasteiger partial charge on any atom is 0.225 e. The molecule has 0 aliphatic carbocycles. The van der Waals surface area contributed by atoms with E-state index < -0.39 is 6.10 Å². The second-order valence-electron chi connectivity index (χ2n) is 4.63. The highest BCUT2D eigenvalue weighted by Crippen LogP contribution is 2.18. The minimum absolute atomic E-state index is 0.000880. The van der Waals surface area contributed by atoms with Gasteiger partial charge in [-0.05, 0) is 19.3 Å². The Hall–Kier alpha value is -0.610. The Bertz CT molecular complexity index is 218. The van der Waals surface area contributed by atoms with Crippen molar-refractivity contribution in [2.75, 3.05) is 13.2 Å². The first-order valence-electron chi connectivity index (χ1n) is 5.58.